The number of nitrogens with zero attached hydrogens (tertiary/aromatic N) is 2. The number of ether oxygens (including phenoxy) is 1. The van der Waals surface area contributed by atoms with Gasteiger partial charge < -0.3 is 9.26 Å². The van der Waals surface area contributed by atoms with Crippen molar-refractivity contribution in [2.45, 2.75) is 12.5 Å². The third kappa shape index (κ3) is 2.39. The maximum Gasteiger partial charge on any atom is 0.244 e. The first kappa shape index (κ1) is 13.7. The fourth-order valence-electron chi connectivity index (χ4n) is 2.37. The van der Waals surface area contributed by atoms with E-state index in [0.717, 1.165) is 36.0 Å². The zero-order valence-electron chi connectivity index (χ0n) is 10.7. The largest absolute Gasteiger partial charge is 0.493 e. The van der Waals surface area contributed by atoms with Crippen molar-refractivity contribution >= 4 is 24.2 Å². The summed E-state index contributed by atoms with van der Waals surface area (Å²) < 4.78 is 10.9. The minimum atomic E-state index is 0. The zero-order valence-corrected chi connectivity index (χ0v) is 12.3. The van der Waals surface area contributed by atoms with E-state index >= 15 is 0 Å². The van der Waals surface area contributed by atoms with Gasteiger partial charge in [0.1, 0.15) is 5.75 Å². The lowest BCUT2D eigenvalue weighted by atomic mass is 10.1. The predicted molar refractivity (Wildman–Crippen MR) is 79.4 cm³/mol. The average Bonchev–Trinajstić information content (AvgIpc) is 3.18. The third-order valence-corrected chi connectivity index (χ3v) is 4.34. The molecule has 0 aliphatic carbocycles. The Bertz CT molecular complexity index is 613. The van der Waals surface area contributed by atoms with Crippen LogP contribution in [0, 0.1) is 0 Å². The number of hydrogen-bond donors (Lipinski definition) is 1. The molecule has 1 aromatic heterocycles. The van der Waals surface area contributed by atoms with Crippen LogP contribution in [0.2, 0.25) is 0 Å². The van der Waals surface area contributed by atoms with Gasteiger partial charge in [-0.3, -0.25) is 5.32 Å². The predicted octanol–water partition coefficient (Wildman–Crippen LogP) is 2.43. The van der Waals surface area contributed by atoms with Crippen LogP contribution in [0.3, 0.4) is 0 Å². The summed E-state index contributed by atoms with van der Waals surface area (Å²) in [7, 11) is 0. The van der Waals surface area contributed by atoms with Gasteiger partial charge in [0, 0.05) is 23.6 Å². The number of nitrogens with one attached hydrogen (secondary N) is 1. The minimum Gasteiger partial charge on any atom is -0.493 e. The van der Waals surface area contributed by atoms with E-state index < -0.39 is 0 Å². The summed E-state index contributed by atoms with van der Waals surface area (Å²) in [6.45, 7) is 0.763. The monoisotopic (exact) mass is 311 g/mol. The molecule has 1 unspecified atom stereocenters. The molecule has 2 aliphatic heterocycles. The van der Waals surface area contributed by atoms with E-state index in [2.05, 4.69) is 21.5 Å². The molecule has 106 valence electrons. The molecule has 5 nitrogen and oxygen atoms in total. The Morgan fingerprint density at radius 3 is 3.15 bits per heavy atom. The van der Waals surface area contributed by atoms with E-state index in [1.54, 1.807) is 0 Å². The van der Waals surface area contributed by atoms with Crippen molar-refractivity contribution in [2.75, 3.05) is 18.2 Å². The Labute approximate surface area is 126 Å². The third-order valence-electron chi connectivity index (χ3n) is 3.40. The number of aromatic nitrogens is 2. The summed E-state index contributed by atoms with van der Waals surface area (Å²) in [4.78, 5) is 4.49. The fraction of sp³-hybridized carbons (Fsp3) is 0.385. The Hall–Kier alpha value is -1.24. The molecular weight excluding hydrogens is 298 g/mol. The van der Waals surface area contributed by atoms with Gasteiger partial charge in [0.25, 0.3) is 0 Å². The Balaban J connectivity index is 0.00000121. The van der Waals surface area contributed by atoms with Gasteiger partial charge in [0.2, 0.25) is 11.7 Å². The molecule has 0 bridgehead atoms. The summed E-state index contributed by atoms with van der Waals surface area (Å²) in [5.74, 6) is 4.24. The van der Waals surface area contributed by atoms with Crippen molar-refractivity contribution in [2.24, 2.45) is 0 Å². The van der Waals surface area contributed by atoms with Gasteiger partial charge in [-0.2, -0.15) is 4.98 Å². The van der Waals surface area contributed by atoms with Crippen LogP contribution < -0.4 is 10.1 Å². The molecule has 1 fully saturated rings. The first-order valence-corrected chi connectivity index (χ1v) is 7.46. The highest BCUT2D eigenvalue weighted by molar-refractivity contribution is 7.99. The van der Waals surface area contributed by atoms with Gasteiger partial charge >= 0.3 is 0 Å². The lowest BCUT2D eigenvalue weighted by Gasteiger charge is -2.01. The molecule has 1 N–H and O–H groups in total. The zero-order chi connectivity index (χ0) is 12.7. The lowest BCUT2D eigenvalue weighted by Crippen LogP contribution is -2.14. The Kier molecular flexibility index (Phi) is 3.87. The van der Waals surface area contributed by atoms with Gasteiger partial charge in [-0.05, 0) is 23.8 Å². The summed E-state index contributed by atoms with van der Waals surface area (Å²) in [5.41, 5.74) is 2.21. The van der Waals surface area contributed by atoms with E-state index in [4.69, 9.17) is 9.26 Å². The van der Waals surface area contributed by atoms with Gasteiger partial charge in [0.15, 0.2) is 0 Å². The molecule has 0 amide bonds. The number of halogens is 1. The second-order valence-corrected chi connectivity index (χ2v) is 5.68. The van der Waals surface area contributed by atoms with Gasteiger partial charge in [0.05, 0.1) is 12.6 Å². The number of hydrogen-bond acceptors (Lipinski definition) is 6. The first-order valence-electron chi connectivity index (χ1n) is 6.31. The van der Waals surface area contributed by atoms with E-state index in [1.807, 2.05) is 23.9 Å². The molecule has 0 saturated carbocycles. The molecule has 1 atom stereocenters. The van der Waals surface area contributed by atoms with E-state index in [9.17, 15) is 0 Å². The molecule has 0 spiro atoms. The summed E-state index contributed by atoms with van der Waals surface area (Å²) in [6.07, 6.45) is 0.953. The average molecular weight is 312 g/mol. The summed E-state index contributed by atoms with van der Waals surface area (Å²) in [6, 6.07) is 6.24. The second-order valence-electron chi connectivity index (χ2n) is 4.65. The maximum atomic E-state index is 5.50. The normalized spacial score (nSPS) is 20.3. The van der Waals surface area contributed by atoms with Crippen LogP contribution in [0.1, 0.15) is 17.5 Å². The molecule has 1 aromatic carbocycles. The number of thioether (sulfide) groups is 1. The van der Waals surface area contributed by atoms with Crippen molar-refractivity contribution in [1.29, 1.82) is 0 Å². The standard InChI is InChI=1S/C13H13N3O2S.ClH/c1-2-11-8(3-4-17-11)5-9(1)12-15-13(18-16-12)10-6-19-7-14-10;/h1-2,5,10,14H,3-4,6-7H2;1H. The summed E-state index contributed by atoms with van der Waals surface area (Å²) in [5, 5.41) is 7.41. The van der Waals surface area contributed by atoms with Gasteiger partial charge in [-0.15, -0.1) is 24.2 Å². The molecule has 20 heavy (non-hydrogen) atoms. The van der Waals surface area contributed by atoms with Crippen LogP contribution in [0.5, 0.6) is 5.75 Å². The fourth-order valence-corrected chi connectivity index (χ4v) is 3.31. The molecule has 3 heterocycles. The highest BCUT2D eigenvalue weighted by Crippen LogP contribution is 2.30. The lowest BCUT2D eigenvalue weighted by molar-refractivity contribution is 0.351. The number of rotatable bonds is 2. The SMILES string of the molecule is Cl.c1cc2c(cc1-c1noc(C3CSCN3)n1)CCO2. The highest BCUT2D eigenvalue weighted by Gasteiger charge is 2.23. The maximum absolute atomic E-state index is 5.50. The van der Waals surface area contributed by atoms with Crippen LogP contribution in [-0.4, -0.2) is 28.4 Å². The van der Waals surface area contributed by atoms with E-state index in [0.29, 0.717) is 11.7 Å². The van der Waals surface area contributed by atoms with Crippen LogP contribution in [-0.2, 0) is 6.42 Å². The van der Waals surface area contributed by atoms with Crippen molar-refractivity contribution < 1.29 is 9.26 Å². The van der Waals surface area contributed by atoms with Crippen molar-refractivity contribution in [3.8, 4) is 17.1 Å². The second kappa shape index (κ2) is 5.63. The van der Waals surface area contributed by atoms with E-state index in [-0.39, 0.29) is 18.4 Å². The Morgan fingerprint density at radius 2 is 2.30 bits per heavy atom. The first-order chi connectivity index (χ1) is 9.40. The van der Waals surface area contributed by atoms with Crippen LogP contribution >= 0.6 is 24.2 Å². The number of benzene rings is 1. The van der Waals surface area contributed by atoms with Gasteiger partial charge in [-0.1, -0.05) is 5.16 Å². The van der Waals surface area contributed by atoms with Gasteiger partial charge in [-0.25, -0.2) is 0 Å². The van der Waals surface area contributed by atoms with Crippen LogP contribution in [0.4, 0.5) is 0 Å². The summed E-state index contributed by atoms with van der Waals surface area (Å²) >= 11 is 1.84. The molecule has 0 radical (unpaired) electrons. The molecule has 4 rings (SSSR count). The van der Waals surface area contributed by atoms with Crippen LogP contribution in [0.15, 0.2) is 22.7 Å². The number of fused-ring (bicyclic) bond motifs is 1. The van der Waals surface area contributed by atoms with Crippen molar-refractivity contribution in [3.05, 3.63) is 29.7 Å². The smallest absolute Gasteiger partial charge is 0.244 e. The molecule has 2 aromatic rings. The molecule has 1 saturated heterocycles. The van der Waals surface area contributed by atoms with Crippen LogP contribution in [0.25, 0.3) is 11.4 Å². The van der Waals surface area contributed by atoms with Crippen molar-refractivity contribution in [1.82, 2.24) is 15.5 Å². The minimum absolute atomic E-state index is 0. The van der Waals surface area contributed by atoms with E-state index in [1.165, 1.54) is 5.56 Å². The quantitative estimate of drug-likeness (QED) is 0.919. The molecule has 7 heteroatoms. The Morgan fingerprint density at radius 1 is 1.35 bits per heavy atom. The molecular formula is C13H14ClN3O2S. The highest BCUT2D eigenvalue weighted by atomic mass is 35.5. The van der Waals surface area contributed by atoms with Crippen molar-refractivity contribution in [3.63, 3.8) is 0 Å². The topological polar surface area (TPSA) is 60.2 Å². The molecule has 2 aliphatic rings.